The Bertz CT molecular complexity index is 349. The molecule has 0 saturated carbocycles. The zero-order valence-electron chi connectivity index (χ0n) is 9.94. The van der Waals surface area contributed by atoms with Crippen LogP contribution in [0.4, 0.5) is 4.79 Å². The van der Waals surface area contributed by atoms with E-state index >= 15 is 0 Å². The Morgan fingerprint density at radius 1 is 1.33 bits per heavy atom. The second-order valence-electron chi connectivity index (χ2n) is 3.62. The average Bonchev–Trinajstić information content (AvgIpc) is 2.27. The van der Waals surface area contributed by atoms with E-state index in [0.717, 1.165) is 0 Å². The lowest BCUT2D eigenvalue weighted by Gasteiger charge is -2.12. The molecular formula is C11H17N3O4. The van der Waals surface area contributed by atoms with E-state index in [-0.39, 0.29) is 18.7 Å². The van der Waals surface area contributed by atoms with Crippen LogP contribution in [0.1, 0.15) is 25.7 Å². The van der Waals surface area contributed by atoms with Gasteiger partial charge in [0.15, 0.2) is 0 Å². The molecule has 7 nitrogen and oxygen atoms in total. The molecule has 0 aliphatic heterocycles. The van der Waals surface area contributed by atoms with Gasteiger partial charge < -0.3 is 21.5 Å². The lowest BCUT2D eigenvalue weighted by atomic mass is 10.2. The highest BCUT2D eigenvalue weighted by Crippen LogP contribution is 1.93. The number of primary amides is 1. The van der Waals surface area contributed by atoms with Crippen molar-refractivity contribution >= 4 is 17.9 Å². The Morgan fingerprint density at radius 3 is 2.50 bits per heavy atom. The van der Waals surface area contributed by atoms with Gasteiger partial charge in [-0.1, -0.05) is 0 Å². The predicted octanol–water partition coefficient (Wildman–Crippen LogP) is -0.582. The van der Waals surface area contributed by atoms with E-state index in [4.69, 9.17) is 17.3 Å². The van der Waals surface area contributed by atoms with Crippen molar-refractivity contribution in [3.05, 3.63) is 0 Å². The molecule has 100 valence electrons. The smallest absolute Gasteiger partial charge is 0.327 e. The van der Waals surface area contributed by atoms with E-state index < -0.39 is 18.0 Å². The summed E-state index contributed by atoms with van der Waals surface area (Å²) in [7, 11) is 0. The van der Waals surface area contributed by atoms with Crippen LogP contribution in [0.15, 0.2) is 0 Å². The second-order valence-corrected chi connectivity index (χ2v) is 3.62. The average molecular weight is 255 g/mol. The van der Waals surface area contributed by atoms with Crippen LogP contribution < -0.4 is 16.4 Å². The molecule has 0 aromatic carbocycles. The first-order valence-corrected chi connectivity index (χ1v) is 5.46. The third kappa shape index (κ3) is 7.98. The monoisotopic (exact) mass is 255 g/mol. The van der Waals surface area contributed by atoms with Crippen LogP contribution >= 0.6 is 0 Å². The van der Waals surface area contributed by atoms with Crippen LogP contribution in [0.3, 0.4) is 0 Å². The van der Waals surface area contributed by atoms with E-state index in [0.29, 0.717) is 19.4 Å². The number of carbonyl (C=O) groups is 3. The number of urea groups is 1. The number of nitrogens with two attached hydrogens (primary N) is 1. The fourth-order valence-electron chi connectivity index (χ4n) is 1.15. The first-order chi connectivity index (χ1) is 8.47. The minimum absolute atomic E-state index is 0.0789. The summed E-state index contributed by atoms with van der Waals surface area (Å²) in [6.45, 7) is 0.335. The topological polar surface area (TPSA) is 122 Å². The summed E-state index contributed by atoms with van der Waals surface area (Å²) >= 11 is 0. The van der Waals surface area contributed by atoms with Crippen LogP contribution in [0, 0.1) is 12.3 Å². The van der Waals surface area contributed by atoms with E-state index in [1.807, 2.05) is 0 Å². The SMILES string of the molecule is C#CCC(NC(=O)NCCCCC(N)=O)C(=O)O. The zero-order chi connectivity index (χ0) is 14.0. The molecule has 0 aliphatic carbocycles. The maximum Gasteiger partial charge on any atom is 0.327 e. The zero-order valence-corrected chi connectivity index (χ0v) is 9.94. The third-order valence-electron chi connectivity index (χ3n) is 2.06. The van der Waals surface area contributed by atoms with Crippen molar-refractivity contribution in [1.29, 1.82) is 0 Å². The highest BCUT2D eigenvalue weighted by molar-refractivity contribution is 5.82. The van der Waals surface area contributed by atoms with Gasteiger partial charge in [0.2, 0.25) is 5.91 Å². The Labute approximate surface area is 105 Å². The van der Waals surface area contributed by atoms with Gasteiger partial charge in [-0.15, -0.1) is 12.3 Å². The number of carbonyl (C=O) groups excluding carboxylic acids is 2. The third-order valence-corrected chi connectivity index (χ3v) is 2.06. The molecule has 0 aromatic heterocycles. The number of terminal acetylenes is 1. The first kappa shape index (κ1) is 15.8. The van der Waals surface area contributed by atoms with Crippen molar-refractivity contribution in [1.82, 2.24) is 10.6 Å². The van der Waals surface area contributed by atoms with Gasteiger partial charge in [-0.25, -0.2) is 9.59 Å². The number of rotatable bonds is 8. The Kier molecular flexibility index (Phi) is 7.77. The largest absolute Gasteiger partial charge is 0.480 e. The minimum atomic E-state index is -1.18. The number of carboxylic acids is 1. The number of unbranched alkanes of at least 4 members (excludes halogenated alkanes) is 1. The summed E-state index contributed by atoms with van der Waals surface area (Å²) < 4.78 is 0. The number of amides is 3. The summed E-state index contributed by atoms with van der Waals surface area (Å²) in [5.74, 6) is 0.596. The molecule has 0 spiro atoms. The molecule has 0 fully saturated rings. The molecular weight excluding hydrogens is 238 g/mol. The summed E-state index contributed by atoms with van der Waals surface area (Å²) in [4.78, 5) is 32.4. The predicted molar refractivity (Wildman–Crippen MR) is 64.5 cm³/mol. The number of nitrogens with one attached hydrogen (secondary N) is 2. The van der Waals surface area contributed by atoms with Crippen molar-refractivity contribution in [3.63, 3.8) is 0 Å². The molecule has 0 heterocycles. The number of carboxylic acid groups (broad SMARTS) is 1. The molecule has 3 amide bonds. The molecule has 0 aliphatic rings. The lowest BCUT2D eigenvalue weighted by molar-refractivity contribution is -0.139. The van der Waals surface area contributed by atoms with E-state index in [2.05, 4.69) is 16.6 Å². The molecule has 7 heteroatoms. The van der Waals surface area contributed by atoms with Crippen LogP contribution in [-0.2, 0) is 9.59 Å². The van der Waals surface area contributed by atoms with Gasteiger partial charge in [0.05, 0.1) is 0 Å². The van der Waals surface area contributed by atoms with Crippen molar-refractivity contribution in [2.45, 2.75) is 31.7 Å². The van der Waals surface area contributed by atoms with Gasteiger partial charge >= 0.3 is 12.0 Å². The Hall–Kier alpha value is -2.23. The van der Waals surface area contributed by atoms with E-state index in [9.17, 15) is 14.4 Å². The van der Waals surface area contributed by atoms with Crippen molar-refractivity contribution in [2.75, 3.05) is 6.54 Å². The van der Waals surface area contributed by atoms with E-state index in [1.165, 1.54) is 0 Å². The maximum atomic E-state index is 11.3. The van der Waals surface area contributed by atoms with Gasteiger partial charge in [-0.3, -0.25) is 4.79 Å². The van der Waals surface area contributed by atoms with Crippen LogP contribution in [0.5, 0.6) is 0 Å². The fraction of sp³-hybridized carbons (Fsp3) is 0.545. The molecule has 1 atom stereocenters. The van der Waals surface area contributed by atoms with E-state index in [1.54, 1.807) is 0 Å². The number of aliphatic carboxylic acids is 1. The molecule has 0 rings (SSSR count). The van der Waals surface area contributed by atoms with Gasteiger partial charge in [0, 0.05) is 19.4 Å². The van der Waals surface area contributed by atoms with Crippen LogP contribution in [0.2, 0.25) is 0 Å². The summed E-state index contributed by atoms with van der Waals surface area (Å²) in [5.41, 5.74) is 4.94. The molecule has 5 N–H and O–H groups in total. The molecule has 18 heavy (non-hydrogen) atoms. The second kappa shape index (κ2) is 8.87. The summed E-state index contributed by atoms with van der Waals surface area (Å²) in [5, 5.41) is 13.4. The number of hydrogen-bond donors (Lipinski definition) is 4. The Morgan fingerprint density at radius 2 is 2.00 bits per heavy atom. The van der Waals surface area contributed by atoms with Crippen LogP contribution in [0.25, 0.3) is 0 Å². The Balaban J connectivity index is 3.79. The highest BCUT2D eigenvalue weighted by atomic mass is 16.4. The number of hydrogen-bond acceptors (Lipinski definition) is 3. The summed E-state index contributed by atoms with van der Waals surface area (Å²) in [6, 6.07) is -1.70. The van der Waals surface area contributed by atoms with Gasteiger partial charge in [-0.2, -0.15) is 0 Å². The summed E-state index contributed by atoms with van der Waals surface area (Å²) in [6.07, 6.45) is 6.32. The first-order valence-electron chi connectivity index (χ1n) is 5.46. The quantitative estimate of drug-likeness (QED) is 0.342. The van der Waals surface area contributed by atoms with Crippen molar-refractivity contribution in [3.8, 4) is 12.3 Å². The molecule has 0 radical (unpaired) electrons. The van der Waals surface area contributed by atoms with Crippen molar-refractivity contribution < 1.29 is 19.5 Å². The normalized spacial score (nSPS) is 11.1. The fourth-order valence-corrected chi connectivity index (χ4v) is 1.15. The molecule has 0 bridgehead atoms. The highest BCUT2D eigenvalue weighted by Gasteiger charge is 2.18. The van der Waals surface area contributed by atoms with Gasteiger partial charge in [-0.05, 0) is 12.8 Å². The van der Waals surface area contributed by atoms with Crippen LogP contribution in [-0.4, -0.2) is 35.6 Å². The van der Waals surface area contributed by atoms with Crippen molar-refractivity contribution in [2.24, 2.45) is 5.73 Å². The van der Waals surface area contributed by atoms with Gasteiger partial charge in [0.25, 0.3) is 0 Å². The van der Waals surface area contributed by atoms with Gasteiger partial charge in [0.1, 0.15) is 6.04 Å². The molecule has 0 aromatic rings. The minimum Gasteiger partial charge on any atom is -0.480 e. The molecule has 1 unspecified atom stereocenters. The lowest BCUT2D eigenvalue weighted by Crippen LogP contribution is -2.46. The maximum absolute atomic E-state index is 11.3. The molecule has 0 saturated heterocycles. The standard InChI is InChI=1S/C11H17N3O4/c1-2-5-8(10(16)17)14-11(18)13-7-4-3-6-9(12)15/h1,8H,3-7H2,(H2,12,15)(H,16,17)(H2,13,14,18).